The van der Waals surface area contributed by atoms with Gasteiger partial charge in [-0.2, -0.15) is 0 Å². The van der Waals surface area contributed by atoms with Gasteiger partial charge in [-0.15, -0.1) is 0 Å². The van der Waals surface area contributed by atoms with E-state index in [0.717, 1.165) is 0 Å². The standard InChI is InChI=1S/2C8H11.2C4H9.Hf/c2*1-2-5-8-6-3-4-7-8;2*1-3-4-2;/h2*3,6H,2,4-5H2,1H3;2*1,3-4H2,2H3;. The molecule has 0 heterocycles. The van der Waals surface area contributed by atoms with Gasteiger partial charge in [0, 0.05) is 0 Å². The normalized spacial score (nSPS) is 17.4. The van der Waals surface area contributed by atoms with Gasteiger partial charge in [-0.25, -0.2) is 0 Å². The van der Waals surface area contributed by atoms with Gasteiger partial charge >= 0.3 is 162 Å². The average molecular weight is 507 g/mol. The van der Waals surface area contributed by atoms with Crippen molar-refractivity contribution in [1.29, 1.82) is 0 Å². The number of rotatable bonds is 12. The molecule has 0 fully saturated rings. The minimum absolute atomic E-state index is 1.30. The van der Waals surface area contributed by atoms with Crippen molar-refractivity contribution in [2.24, 2.45) is 0 Å². The van der Waals surface area contributed by atoms with Gasteiger partial charge in [-0.1, -0.05) is 0 Å². The first-order chi connectivity index (χ1) is 12.2. The zero-order valence-electron chi connectivity index (χ0n) is 17.3. The van der Waals surface area contributed by atoms with Gasteiger partial charge in [0.1, 0.15) is 0 Å². The number of hydrogen-bond acceptors (Lipinski definition) is 0. The summed E-state index contributed by atoms with van der Waals surface area (Å²) in [5.41, 5.74) is 3.54. The Morgan fingerprint density at radius 3 is 1.48 bits per heavy atom. The molecule has 0 radical (unpaired) electrons. The van der Waals surface area contributed by atoms with Crippen LogP contribution >= 0.6 is 0 Å². The summed E-state index contributed by atoms with van der Waals surface area (Å²) in [6.45, 7) is 9.49. The predicted octanol–water partition coefficient (Wildman–Crippen LogP) is 8.61. The fraction of sp³-hybridized carbons (Fsp3) is 0.667. The fourth-order valence-corrected chi connectivity index (χ4v) is 28.0. The number of allylic oxidation sites excluding steroid dienone is 8. The molecule has 0 aliphatic heterocycles. The number of unbranched alkanes of at least 4 members (excludes halogenated alkanes) is 2. The Morgan fingerprint density at radius 2 is 1.12 bits per heavy atom. The van der Waals surface area contributed by atoms with E-state index in [2.05, 4.69) is 52.0 Å². The molecule has 0 unspecified atom stereocenters. The maximum absolute atomic E-state index is 2.67. The molecule has 0 atom stereocenters. The van der Waals surface area contributed by atoms with E-state index < -0.39 is 20.0 Å². The molecule has 25 heavy (non-hydrogen) atoms. The summed E-state index contributed by atoms with van der Waals surface area (Å²) in [5.74, 6) is 0. The molecule has 2 aliphatic rings. The molecule has 0 bridgehead atoms. The molecule has 0 saturated carbocycles. The van der Waals surface area contributed by atoms with Crippen LogP contribution in [0.15, 0.2) is 42.1 Å². The van der Waals surface area contributed by atoms with Gasteiger partial charge in [0.25, 0.3) is 0 Å². The van der Waals surface area contributed by atoms with Crippen LogP contribution < -0.4 is 0 Å². The number of hydrogen-bond donors (Lipinski definition) is 0. The zero-order valence-corrected chi connectivity index (χ0v) is 20.9. The van der Waals surface area contributed by atoms with E-state index in [1.807, 2.05) is 6.66 Å². The first-order valence-electron chi connectivity index (χ1n) is 11.0. The van der Waals surface area contributed by atoms with E-state index in [0.29, 0.717) is 0 Å². The molecule has 0 aromatic heterocycles. The van der Waals surface area contributed by atoms with E-state index in [4.69, 9.17) is 0 Å². The third kappa shape index (κ3) is 4.96. The Kier molecular flexibility index (Phi) is 9.17. The summed E-state index contributed by atoms with van der Waals surface area (Å²) >= 11 is -2.67. The average Bonchev–Trinajstić information content (AvgIpc) is 3.27. The van der Waals surface area contributed by atoms with Crippen LogP contribution in [0.2, 0.25) is 8.35 Å². The third-order valence-corrected chi connectivity index (χ3v) is 26.9. The van der Waals surface area contributed by atoms with Gasteiger partial charge in [-0.3, -0.25) is 0 Å². The molecule has 2 rings (SSSR count). The minimum atomic E-state index is -2.67. The van der Waals surface area contributed by atoms with Crippen molar-refractivity contribution in [3.63, 3.8) is 0 Å². The van der Waals surface area contributed by atoms with Crippen LogP contribution in [0.5, 0.6) is 0 Å². The first kappa shape index (κ1) is 21.1. The van der Waals surface area contributed by atoms with Crippen molar-refractivity contribution in [2.75, 3.05) is 0 Å². The molecule has 0 spiro atoms. The molecule has 2 aliphatic carbocycles. The van der Waals surface area contributed by atoms with E-state index in [1.54, 1.807) is 19.5 Å². The van der Waals surface area contributed by atoms with Crippen LogP contribution in [0.25, 0.3) is 0 Å². The molecule has 0 aromatic rings. The SMILES string of the molecule is CCC[CH2][Hf]([CH2]CCC)([C]1=C(CCC)C=CC1)[C]1=C(CCC)C=CC1. The molecular weight excluding hydrogens is 467 g/mol. The Balaban J connectivity index is 2.52. The van der Waals surface area contributed by atoms with Gasteiger partial charge in [-0.05, 0) is 0 Å². The predicted molar refractivity (Wildman–Crippen MR) is 111 cm³/mol. The Bertz CT molecular complexity index is 494. The second-order valence-electron chi connectivity index (χ2n) is 8.01. The first-order valence-corrected chi connectivity index (χ1v) is 19.7. The third-order valence-electron chi connectivity index (χ3n) is 6.17. The summed E-state index contributed by atoms with van der Waals surface area (Å²) in [6.07, 6.45) is 23.5. The molecule has 1 heteroatoms. The van der Waals surface area contributed by atoms with Crippen molar-refractivity contribution in [3.05, 3.63) is 42.1 Å². The van der Waals surface area contributed by atoms with Crippen molar-refractivity contribution < 1.29 is 20.0 Å². The van der Waals surface area contributed by atoms with Crippen LogP contribution in [0.4, 0.5) is 0 Å². The van der Waals surface area contributed by atoms with E-state index in [9.17, 15) is 0 Å². The Hall–Kier alpha value is -0.170. The Labute approximate surface area is 161 Å². The van der Waals surface area contributed by atoms with Crippen molar-refractivity contribution in [2.45, 2.75) is 100 Å². The monoisotopic (exact) mass is 508 g/mol. The summed E-state index contributed by atoms with van der Waals surface area (Å²) < 4.78 is 7.20. The summed E-state index contributed by atoms with van der Waals surface area (Å²) in [6, 6.07) is 0. The van der Waals surface area contributed by atoms with Crippen LogP contribution in [0.1, 0.15) is 91.9 Å². The van der Waals surface area contributed by atoms with Crippen molar-refractivity contribution in [3.8, 4) is 0 Å². The second-order valence-corrected chi connectivity index (χ2v) is 23.7. The maximum atomic E-state index is 2.51. The topological polar surface area (TPSA) is 0 Å². The molecule has 0 nitrogen and oxygen atoms in total. The molecule has 0 amide bonds. The van der Waals surface area contributed by atoms with Crippen LogP contribution in [0.3, 0.4) is 0 Å². The zero-order chi connectivity index (χ0) is 18.1. The summed E-state index contributed by atoms with van der Waals surface area (Å²) in [7, 11) is 0. The van der Waals surface area contributed by atoms with Crippen LogP contribution in [0, 0.1) is 0 Å². The Morgan fingerprint density at radius 1 is 0.680 bits per heavy atom. The van der Waals surface area contributed by atoms with E-state index in [-0.39, 0.29) is 0 Å². The quantitative estimate of drug-likeness (QED) is 0.232. The van der Waals surface area contributed by atoms with Gasteiger partial charge in [0.05, 0.1) is 0 Å². The van der Waals surface area contributed by atoms with Crippen molar-refractivity contribution >= 4 is 0 Å². The van der Waals surface area contributed by atoms with E-state index >= 15 is 0 Å². The van der Waals surface area contributed by atoms with Crippen LogP contribution in [-0.4, -0.2) is 0 Å². The molecule has 0 aromatic carbocycles. The molecular formula is C24H40Hf. The molecule has 0 saturated heterocycles. The van der Waals surface area contributed by atoms with Gasteiger partial charge < -0.3 is 0 Å². The van der Waals surface area contributed by atoms with Gasteiger partial charge in [0.15, 0.2) is 0 Å². The second kappa shape index (κ2) is 10.9. The van der Waals surface area contributed by atoms with Crippen LogP contribution in [-0.2, 0) is 20.0 Å². The van der Waals surface area contributed by atoms with Crippen molar-refractivity contribution in [1.82, 2.24) is 0 Å². The molecule has 140 valence electrons. The fourth-order valence-electron chi connectivity index (χ4n) is 4.98. The summed E-state index contributed by atoms with van der Waals surface area (Å²) in [4.78, 5) is 0. The summed E-state index contributed by atoms with van der Waals surface area (Å²) in [5, 5.41) is 0. The van der Waals surface area contributed by atoms with Gasteiger partial charge in [0.2, 0.25) is 0 Å². The molecule has 0 N–H and O–H groups in total. The van der Waals surface area contributed by atoms with E-state index in [1.165, 1.54) is 64.2 Å².